The van der Waals surface area contributed by atoms with E-state index in [1.54, 1.807) is 7.11 Å². The third-order valence-corrected chi connectivity index (χ3v) is 2.76. The van der Waals surface area contributed by atoms with Gasteiger partial charge in [0, 0.05) is 5.41 Å². The molecule has 0 saturated heterocycles. The van der Waals surface area contributed by atoms with Gasteiger partial charge in [-0.2, -0.15) is 0 Å². The van der Waals surface area contributed by atoms with Crippen LogP contribution in [0.2, 0.25) is 0 Å². The first-order valence-electron chi connectivity index (χ1n) is 4.64. The molecule has 0 aromatic heterocycles. The first-order chi connectivity index (χ1) is 6.95. The Bertz CT molecular complexity index is 348. The summed E-state index contributed by atoms with van der Waals surface area (Å²) in [5, 5.41) is 0. The Morgan fingerprint density at radius 2 is 1.73 bits per heavy atom. The molecule has 3 heteroatoms. The summed E-state index contributed by atoms with van der Waals surface area (Å²) in [6.45, 7) is 4.33. The molecule has 0 amide bonds. The lowest BCUT2D eigenvalue weighted by Gasteiger charge is -2.21. The van der Waals surface area contributed by atoms with E-state index in [-0.39, 0.29) is 5.41 Å². The SMILES string of the molecule is COc1ccc(C(C)(C)C=C(Br)Br)cc1. The summed E-state index contributed by atoms with van der Waals surface area (Å²) in [5.41, 5.74) is 1.24. The number of halogens is 2. The lowest BCUT2D eigenvalue weighted by Crippen LogP contribution is -2.13. The van der Waals surface area contributed by atoms with Crippen LogP contribution in [0, 0.1) is 0 Å². The number of allylic oxidation sites excluding steroid dienone is 1. The van der Waals surface area contributed by atoms with Crippen molar-refractivity contribution in [2.45, 2.75) is 19.3 Å². The standard InChI is InChI=1S/C12H14Br2O/c1-12(2,8-11(13)14)9-4-6-10(15-3)7-5-9/h4-8H,1-3H3. The smallest absolute Gasteiger partial charge is 0.118 e. The lowest BCUT2D eigenvalue weighted by atomic mass is 9.85. The topological polar surface area (TPSA) is 9.23 Å². The van der Waals surface area contributed by atoms with Gasteiger partial charge < -0.3 is 4.74 Å². The van der Waals surface area contributed by atoms with Crippen molar-refractivity contribution in [3.8, 4) is 5.75 Å². The normalized spacial score (nSPS) is 11.0. The Balaban J connectivity index is 3.00. The Morgan fingerprint density at radius 1 is 1.20 bits per heavy atom. The quantitative estimate of drug-likeness (QED) is 0.785. The summed E-state index contributed by atoms with van der Waals surface area (Å²) in [7, 11) is 1.68. The van der Waals surface area contributed by atoms with Gasteiger partial charge in [-0.05, 0) is 49.6 Å². The van der Waals surface area contributed by atoms with Gasteiger partial charge in [0.2, 0.25) is 0 Å². The van der Waals surface area contributed by atoms with E-state index < -0.39 is 0 Å². The van der Waals surface area contributed by atoms with Crippen molar-refractivity contribution in [3.63, 3.8) is 0 Å². The van der Waals surface area contributed by atoms with Crippen LogP contribution in [0.3, 0.4) is 0 Å². The summed E-state index contributed by atoms with van der Waals surface area (Å²) in [5.74, 6) is 0.886. The highest BCUT2D eigenvalue weighted by Crippen LogP contribution is 2.30. The zero-order valence-electron chi connectivity index (χ0n) is 9.05. The number of benzene rings is 1. The second-order valence-corrected chi connectivity index (χ2v) is 6.66. The number of hydrogen-bond donors (Lipinski definition) is 0. The lowest BCUT2D eigenvalue weighted by molar-refractivity contribution is 0.414. The number of methoxy groups -OCH3 is 1. The zero-order valence-corrected chi connectivity index (χ0v) is 12.2. The van der Waals surface area contributed by atoms with Crippen LogP contribution in [0.1, 0.15) is 19.4 Å². The summed E-state index contributed by atoms with van der Waals surface area (Å²) in [6.07, 6.45) is 2.12. The van der Waals surface area contributed by atoms with Crippen molar-refractivity contribution < 1.29 is 4.74 Å². The van der Waals surface area contributed by atoms with Gasteiger partial charge >= 0.3 is 0 Å². The van der Waals surface area contributed by atoms with E-state index in [9.17, 15) is 0 Å². The molecule has 0 saturated carbocycles. The average molecular weight is 334 g/mol. The van der Waals surface area contributed by atoms with E-state index in [0.717, 1.165) is 9.14 Å². The molecular formula is C12H14Br2O. The summed E-state index contributed by atoms with van der Waals surface area (Å²) in [6, 6.07) is 8.12. The molecule has 0 aliphatic heterocycles. The van der Waals surface area contributed by atoms with Gasteiger partial charge in [-0.3, -0.25) is 0 Å². The molecule has 0 bridgehead atoms. The van der Waals surface area contributed by atoms with Gasteiger partial charge in [0.1, 0.15) is 5.75 Å². The molecule has 0 atom stereocenters. The first kappa shape index (κ1) is 12.8. The molecule has 1 aromatic carbocycles. The van der Waals surface area contributed by atoms with Gasteiger partial charge in [-0.25, -0.2) is 0 Å². The van der Waals surface area contributed by atoms with Crippen LogP contribution in [0.25, 0.3) is 0 Å². The van der Waals surface area contributed by atoms with Gasteiger partial charge in [0.15, 0.2) is 0 Å². The van der Waals surface area contributed by atoms with Crippen molar-refractivity contribution >= 4 is 31.9 Å². The predicted octanol–water partition coefficient (Wildman–Crippen LogP) is 4.60. The fourth-order valence-corrected chi connectivity index (χ4v) is 2.52. The van der Waals surface area contributed by atoms with Crippen LogP contribution >= 0.6 is 31.9 Å². The first-order valence-corrected chi connectivity index (χ1v) is 6.23. The minimum Gasteiger partial charge on any atom is -0.497 e. The van der Waals surface area contributed by atoms with Crippen molar-refractivity contribution in [3.05, 3.63) is 39.3 Å². The average Bonchev–Trinajstić information content (AvgIpc) is 2.16. The van der Waals surface area contributed by atoms with E-state index in [2.05, 4.69) is 63.9 Å². The molecule has 0 aliphatic rings. The molecule has 82 valence electrons. The van der Waals surface area contributed by atoms with Gasteiger partial charge in [0.25, 0.3) is 0 Å². The van der Waals surface area contributed by atoms with E-state index in [1.807, 2.05) is 12.1 Å². The molecule has 1 rings (SSSR count). The van der Waals surface area contributed by atoms with Crippen LogP contribution < -0.4 is 4.74 Å². The van der Waals surface area contributed by atoms with Crippen LogP contribution in [-0.2, 0) is 5.41 Å². The third kappa shape index (κ3) is 3.65. The largest absolute Gasteiger partial charge is 0.497 e. The molecule has 0 aliphatic carbocycles. The highest BCUT2D eigenvalue weighted by atomic mass is 79.9. The van der Waals surface area contributed by atoms with Crippen molar-refractivity contribution in [1.82, 2.24) is 0 Å². The van der Waals surface area contributed by atoms with E-state index in [4.69, 9.17) is 4.74 Å². The zero-order chi connectivity index (χ0) is 11.5. The Morgan fingerprint density at radius 3 is 2.13 bits per heavy atom. The molecule has 1 aromatic rings. The minimum absolute atomic E-state index is 0.00535. The minimum atomic E-state index is -0.00535. The maximum atomic E-state index is 5.13. The number of ether oxygens (including phenoxy) is 1. The summed E-state index contributed by atoms with van der Waals surface area (Å²) >= 11 is 6.78. The number of hydrogen-bond acceptors (Lipinski definition) is 1. The van der Waals surface area contributed by atoms with E-state index in [0.29, 0.717) is 0 Å². The molecule has 0 spiro atoms. The predicted molar refractivity (Wildman–Crippen MR) is 72.0 cm³/mol. The maximum absolute atomic E-state index is 5.13. The molecule has 0 unspecified atom stereocenters. The van der Waals surface area contributed by atoms with E-state index >= 15 is 0 Å². The Hall–Kier alpha value is -0.280. The van der Waals surface area contributed by atoms with Crippen LogP contribution in [0.5, 0.6) is 5.75 Å². The van der Waals surface area contributed by atoms with Crippen molar-refractivity contribution in [2.24, 2.45) is 0 Å². The molecule has 0 heterocycles. The van der Waals surface area contributed by atoms with Gasteiger partial charge in [-0.15, -0.1) is 0 Å². The van der Waals surface area contributed by atoms with Crippen LogP contribution in [0.4, 0.5) is 0 Å². The second kappa shape index (κ2) is 5.17. The summed E-state index contributed by atoms with van der Waals surface area (Å²) < 4.78 is 6.10. The monoisotopic (exact) mass is 332 g/mol. The highest BCUT2D eigenvalue weighted by molar-refractivity contribution is 9.28. The van der Waals surface area contributed by atoms with Crippen molar-refractivity contribution in [1.29, 1.82) is 0 Å². The van der Waals surface area contributed by atoms with Crippen molar-refractivity contribution in [2.75, 3.05) is 7.11 Å². The fourth-order valence-electron chi connectivity index (χ4n) is 1.38. The molecule has 15 heavy (non-hydrogen) atoms. The molecular weight excluding hydrogens is 320 g/mol. The molecule has 0 N–H and O–H groups in total. The Labute approximate surface area is 108 Å². The van der Waals surface area contributed by atoms with Crippen LogP contribution in [0.15, 0.2) is 33.7 Å². The van der Waals surface area contributed by atoms with Gasteiger partial charge in [-0.1, -0.05) is 32.1 Å². The van der Waals surface area contributed by atoms with Gasteiger partial charge in [0.05, 0.1) is 10.5 Å². The third-order valence-electron chi connectivity index (χ3n) is 2.30. The fraction of sp³-hybridized carbons (Fsp3) is 0.333. The van der Waals surface area contributed by atoms with E-state index in [1.165, 1.54) is 5.56 Å². The molecule has 0 radical (unpaired) electrons. The van der Waals surface area contributed by atoms with Crippen LogP contribution in [-0.4, -0.2) is 7.11 Å². The highest BCUT2D eigenvalue weighted by Gasteiger charge is 2.17. The number of rotatable bonds is 3. The molecule has 1 nitrogen and oxygen atoms in total. The Kier molecular flexibility index (Phi) is 4.41. The second-order valence-electron chi connectivity index (χ2n) is 3.88. The summed E-state index contributed by atoms with van der Waals surface area (Å²) in [4.78, 5) is 0. The molecule has 0 fully saturated rings. The maximum Gasteiger partial charge on any atom is 0.118 e.